The Morgan fingerprint density at radius 3 is 2.55 bits per heavy atom. The molecule has 2 rings (SSSR count). The van der Waals surface area contributed by atoms with Crippen LogP contribution in [-0.2, 0) is 4.79 Å². The largest absolute Gasteiger partial charge is 0.325 e. The zero-order valence-electron chi connectivity index (χ0n) is 10.8. The second-order valence-corrected chi connectivity index (χ2v) is 6.01. The molecule has 0 bridgehead atoms. The summed E-state index contributed by atoms with van der Waals surface area (Å²) < 4.78 is 0. The number of carbonyl (C=O) groups excluding carboxylic acids is 1. The minimum absolute atomic E-state index is 0.0831. The van der Waals surface area contributed by atoms with Crippen molar-refractivity contribution in [3.8, 4) is 0 Å². The summed E-state index contributed by atoms with van der Waals surface area (Å²) in [5, 5.41) is 4.15. The van der Waals surface area contributed by atoms with Crippen LogP contribution in [0.25, 0.3) is 0 Å². The van der Waals surface area contributed by atoms with Crippen LogP contribution in [-0.4, -0.2) is 11.7 Å². The zero-order chi connectivity index (χ0) is 14.5. The van der Waals surface area contributed by atoms with E-state index in [0.717, 1.165) is 16.1 Å². The summed E-state index contributed by atoms with van der Waals surface area (Å²) in [7, 11) is 0. The Bertz CT molecular complexity index is 631. The molecule has 2 aromatic carbocycles. The summed E-state index contributed by atoms with van der Waals surface area (Å²) in [6, 6.07) is 12.9. The first kappa shape index (κ1) is 15.2. The van der Waals surface area contributed by atoms with Gasteiger partial charge in [0.1, 0.15) is 0 Å². The van der Waals surface area contributed by atoms with Crippen LogP contribution in [0.2, 0.25) is 10.0 Å². The number of benzene rings is 2. The number of halogens is 2. The number of hydrogen-bond donors (Lipinski definition) is 1. The fraction of sp³-hybridized carbons (Fsp3) is 0.133. The van der Waals surface area contributed by atoms with Crippen molar-refractivity contribution in [3.63, 3.8) is 0 Å². The van der Waals surface area contributed by atoms with Gasteiger partial charge in [-0.25, -0.2) is 0 Å². The average molecular weight is 326 g/mol. The SMILES string of the molecule is Cc1c(Cl)cccc1NC(=O)CSc1ccccc1Cl. The normalized spacial score (nSPS) is 10.3. The van der Waals surface area contributed by atoms with E-state index < -0.39 is 0 Å². The fourth-order valence-electron chi connectivity index (χ4n) is 1.63. The second-order valence-electron chi connectivity index (χ2n) is 4.18. The van der Waals surface area contributed by atoms with E-state index in [1.807, 2.05) is 43.3 Å². The van der Waals surface area contributed by atoms with Crippen LogP contribution in [0.3, 0.4) is 0 Å². The van der Waals surface area contributed by atoms with Gasteiger partial charge in [0.05, 0.1) is 10.8 Å². The van der Waals surface area contributed by atoms with Crippen LogP contribution < -0.4 is 5.32 Å². The Morgan fingerprint density at radius 2 is 1.80 bits per heavy atom. The van der Waals surface area contributed by atoms with E-state index >= 15 is 0 Å². The highest BCUT2D eigenvalue weighted by molar-refractivity contribution is 8.00. The lowest BCUT2D eigenvalue weighted by atomic mass is 10.2. The Morgan fingerprint density at radius 1 is 1.10 bits per heavy atom. The maximum atomic E-state index is 11.9. The van der Waals surface area contributed by atoms with E-state index in [4.69, 9.17) is 23.2 Å². The van der Waals surface area contributed by atoms with Crippen molar-refractivity contribution in [3.05, 3.63) is 58.1 Å². The molecule has 0 radical (unpaired) electrons. The molecule has 0 unspecified atom stereocenters. The van der Waals surface area contributed by atoms with Crippen LogP contribution in [0.5, 0.6) is 0 Å². The van der Waals surface area contributed by atoms with Crippen molar-refractivity contribution in [2.24, 2.45) is 0 Å². The van der Waals surface area contributed by atoms with Gasteiger partial charge in [-0.15, -0.1) is 11.8 Å². The summed E-state index contributed by atoms with van der Waals surface area (Å²) >= 11 is 13.5. The van der Waals surface area contributed by atoms with E-state index in [9.17, 15) is 4.79 Å². The third-order valence-electron chi connectivity index (χ3n) is 2.74. The molecule has 20 heavy (non-hydrogen) atoms. The summed E-state index contributed by atoms with van der Waals surface area (Å²) in [5.41, 5.74) is 1.60. The molecular formula is C15H13Cl2NOS. The molecule has 0 aliphatic rings. The van der Waals surface area contributed by atoms with Gasteiger partial charge in [-0.2, -0.15) is 0 Å². The van der Waals surface area contributed by atoms with E-state index in [2.05, 4.69) is 5.32 Å². The smallest absolute Gasteiger partial charge is 0.234 e. The Kier molecular flexibility index (Phi) is 5.35. The van der Waals surface area contributed by atoms with Gasteiger partial charge >= 0.3 is 0 Å². The minimum Gasteiger partial charge on any atom is -0.325 e. The maximum Gasteiger partial charge on any atom is 0.234 e. The molecule has 0 spiro atoms. The second kappa shape index (κ2) is 7.02. The molecule has 0 aliphatic heterocycles. The molecular weight excluding hydrogens is 313 g/mol. The molecule has 0 saturated heterocycles. The van der Waals surface area contributed by atoms with Crippen molar-refractivity contribution in [2.75, 3.05) is 11.1 Å². The highest BCUT2D eigenvalue weighted by Gasteiger charge is 2.08. The van der Waals surface area contributed by atoms with E-state index in [-0.39, 0.29) is 5.91 Å². The number of rotatable bonds is 4. The Hall–Kier alpha value is -1.16. The van der Waals surface area contributed by atoms with Crippen LogP contribution in [0, 0.1) is 6.92 Å². The first-order valence-electron chi connectivity index (χ1n) is 6.00. The summed E-state index contributed by atoms with van der Waals surface area (Å²) in [4.78, 5) is 12.8. The van der Waals surface area contributed by atoms with Gasteiger partial charge in [0.25, 0.3) is 0 Å². The molecule has 0 aromatic heterocycles. The lowest BCUT2D eigenvalue weighted by Crippen LogP contribution is -2.14. The van der Waals surface area contributed by atoms with Crippen LogP contribution >= 0.6 is 35.0 Å². The first-order valence-corrected chi connectivity index (χ1v) is 7.74. The monoisotopic (exact) mass is 325 g/mol. The van der Waals surface area contributed by atoms with E-state index in [1.165, 1.54) is 11.8 Å². The molecule has 0 fully saturated rings. The van der Waals surface area contributed by atoms with Crippen molar-refractivity contribution in [1.29, 1.82) is 0 Å². The van der Waals surface area contributed by atoms with Gasteiger partial charge in [0.15, 0.2) is 0 Å². The lowest BCUT2D eigenvalue weighted by Gasteiger charge is -2.09. The molecule has 0 heterocycles. The third kappa shape index (κ3) is 3.92. The Labute approximate surface area is 132 Å². The maximum absolute atomic E-state index is 11.9. The van der Waals surface area contributed by atoms with Crippen molar-refractivity contribution in [1.82, 2.24) is 0 Å². The standard InChI is InChI=1S/C15H13Cl2NOS/c1-10-11(16)6-4-7-13(10)18-15(19)9-20-14-8-3-2-5-12(14)17/h2-8H,9H2,1H3,(H,18,19). The summed E-state index contributed by atoms with van der Waals surface area (Å²) in [6.45, 7) is 1.87. The van der Waals surface area contributed by atoms with Crippen LogP contribution in [0.4, 0.5) is 5.69 Å². The van der Waals surface area contributed by atoms with Crippen LogP contribution in [0.15, 0.2) is 47.4 Å². The predicted octanol–water partition coefficient (Wildman–Crippen LogP) is 5.03. The molecule has 5 heteroatoms. The number of amides is 1. The van der Waals surface area contributed by atoms with E-state index in [0.29, 0.717) is 15.8 Å². The van der Waals surface area contributed by atoms with Gasteiger partial charge in [-0.3, -0.25) is 4.79 Å². The number of anilines is 1. The molecule has 1 N–H and O–H groups in total. The van der Waals surface area contributed by atoms with Crippen molar-refractivity contribution >= 4 is 46.6 Å². The molecule has 0 aliphatic carbocycles. The fourth-order valence-corrected chi connectivity index (χ4v) is 2.85. The first-order chi connectivity index (χ1) is 9.58. The zero-order valence-corrected chi connectivity index (χ0v) is 13.1. The molecule has 104 valence electrons. The molecule has 0 saturated carbocycles. The van der Waals surface area contributed by atoms with Gasteiger partial charge in [0, 0.05) is 15.6 Å². The van der Waals surface area contributed by atoms with Gasteiger partial charge in [-0.05, 0) is 36.8 Å². The Balaban J connectivity index is 1.96. The van der Waals surface area contributed by atoms with Gasteiger partial charge in [-0.1, -0.05) is 41.4 Å². The highest BCUT2D eigenvalue weighted by Crippen LogP contribution is 2.27. The lowest BCUT2D eigenvalue weighted by molar-refractivity contribution is -0.113. The number of carbonyl (C=O) groups is 1. The summed E-state index contributed by atoms with van der Waals surface area (Å²) in [5.74, 6) is 0.218. The molecule has 2 nitrogen and oxygen atoms in total. The average Bonchev–Trinajstić information content (AvgIpc) is 2.43. The summed E-state index contributed by atoms with van der Waals surface area (Å²) in [6.07, 6.45) is 0. The number of thioether (sulfide) groups is 1. The minimum atomic E-state index is -0.0831. The number of nitrogens with one attached hydrogen (secondary N) is 1. The van der Waals surface area contributed by atoms with E-state index in [1.54, 1.807) is 6.07 Å². The molecule has 1 amide bonds. The van der Waals surface area contributed by atoms with Crippen molar-refractivity contribution in [2.45, 2.75) is 11.8 Å². The predicted molar refractivity (Wildman–Crippen MR) is 87.0 cm³/mol. The molecule has 0 atom stereocenters. The number of hydrogen-bond acceptors (Lipinski definition) is 2. The van der Waals surface area contributed by atoms with Crippen molar-refractivity contribution < 1.29 is 4.79 Å². The third-order valence-corrected chi connectivity index (χ3v) is 4.66. The topological polar surface area (TPSA) is 29.1 Å². The van der Waals surface area contributed by atoms with Gasteiger partial charge < -0.3 is 5.32 Å². The molecule has 2 aromatic rings. The van der Waals surface area contributed by atoms with Crippen LogP contribution in [0.1, 0.15) is 5.56 Å². The highest BCUT2D eigenvalue weighted by atomic mass is 35.5. The van der Waals surface area contributed by atoms with Gasteiger partial charge in [0.2, 0.25) is 5.91 Å². The quantitative estimate of drug-likeness (QED) is 0.798.